The van der Waals surface area contributed by atoms with Crippen molar-refractivity contribution in [1.82, 2.24) is 5.16 Å². The first-order valence-electron chi connectivity index (χ1n) is 18.8. The van der Waals surface area contributed by atoms with Crippen LogP contribution in [-0.4, -0.2) is 31.1 Å². The number of ketones is 1. The van der Waals surface area contributed by atoms with Crippen LogP contribution in [0.15, 0.2) is 126 Å². The first-order valence-corrected chi connectivity index (χ1v) is 18.8. The van der Waals surface area contributed by atoms with Crippen LogP contribution in [0.25, 0.3) is 22.4 Å². The number of Topliss-reactive ketones (excluding diaryl/α,β-unsaturated/α-hetero) is 1. The molecule has 1 aromatic heterocycles. The summed E-state index contributed by atoms with van der Waals surface area (Å²) >= 11 is 0. The van der Waals surface area contributed by atoms with Crippen LogP contribution in [0, 0.1) is 0 Å². The van der Waals surface area contributed by atoms with Gasteiger partial charge in [-0.15, -0.1) is 0 Å². The molecular weight excluding hydrogens is 661 g/mol. The third-order valence-electron chi connectivity index (χ3n) is 8.75. The Kier molecular flexibility index (Phi) is 17.7. The van der Waals surface area contributed by atoms with Crippen molar-refractivity contribution in [2.75, 3.05) is 19.5 Å². The van der Waals surface area contributed by atoms with Gasteiger partial charge in [0.1, 0.15) is 23.0 Å². The number of ether oxygens (including phenoxy) is 2. The molecule has 0 aliphatic heterocycles. The van der Waals surface area contributed by atoms with Crippen LogP contribution >= 0.6 is 0 Å². The molecule has 7 heteroatoms. The van der Waals surface area contributed by atoms with Crippen molar-refractivity contribution in [2.24, 2.45) is 0 Å². The molecule has 1 N–H and O–H groups in total. The molecule has 0 fully saturated rings. The van der Waals surface area contributed by atoms with Crippen molar-refractivity contribution in [3.8, 4) is 33.9 Å². The zero-order valence-electron chi connectivity index (χ0n) is 31.5. The second-order valence-electron chi connectivity index (χ2n) is 12.9. The van der Waals surface area contributed by atoms with Gasteiger partial charge in [0.2, 0.25) is 5.91 Å². The number of nitrogens with zero attached hydrogens (tertiary/aromatic N) is 1. The highest BCUT2D eigenvalue weighted by Crippen LogP contribution is 2.36. The summed E-state index contributed by atoms with van der Waals surface area (Å²) < 4.78 is 16.4. The highest BCUT2D eigenvalue weighted by molar-refractivity contribution is 5.94. The summed E-state index contributed by atoms with van der Waals surface area (Å²) in [4.78, 5) is 25.8. The minimum Gasteiger partial charge on any atom is -0.497 e. The van der Waals surface area contributed by atoms with Gasteiger partial charge in [-0.2, -0.15) is 0 Å². The number of amides is 1. The molecule has 278 valence electrons. The third kappa shape index (κ3) is 14.3. The number of allylic oxidation sites excluding steroid dienone is 8. The molecule has 0 aliphatic rings. The SMILES string of the molecule is CCCCC/C=C\C/C=C\C/C=C\C/C=C\CCCC(=O)Cc1ccc(NC(=O)Cc2onc(-c3ccc(OC)cc3)c2-c2ccc(OC)cc2)cc1. The van der Waals surface area contributed by atoms with Crippen LogP contribution < -0.4 is 14.8 Å². The Bertz CT molecular complexity index is 1800. The zero-order chi connectivity index (χ0) is 37.5. The maximum absolute atomic E-state index is 13.2. The quantitative estimate of drug-likeness (QED) is 0.0607. The maximum Gasteiger partial charge on any atom is 0.232 e. The van der Waals surface area contributed by atoms with E-state index in [1.807, 2.05) is 72.8 Å². The van der Waals surface area contributed by atoms with Crippen molar-refractivity contribution < 1.29 is 23.6 Å². The lowest BCUT2D eigenvalue weighted by atomic mass is 9.97. The number of carbonyl (C=O) groups is 2. The average Bonchev–Trinajstić information content (AvgIpc) is 3.59. The van der Waals surface area contributed by atoms with Crippen LogP contribution in [0.5, 0.6) is 11.5 Å². The maximum atomic E-state index is 13.2. The molecule has 4 aromatic rings. The lowest BCUT2D eigenvalue weighted by Gasteiger charge is -2.08. The van der Waals surface area contributed by atoms with Crippen LogP contribution in [-0.2, 0) is 22.4 Å². The third-order valence-corrected chi connectivity index (χ3v) is 8.75. The fourth-order valence-electron chi connectivity index (χ4n) is 5.80. The number of nitrogens with one attached hydrogen (secondary N) is 1. The van der Waals surface area contributed by atoms with Gasteiger partial charge in [0, 0.05) is 24.1 Å². The molecule has 0 unspecified atom stereocenters. The van der Waals surface area contributed by atoms with Crippen molar-refractivity contribution in [3.05, 3.63) is 133 Å². The Labute approximate surface area is 315 Å². The smallest absolute Gasteiger partial charge is 0.232 e. The number of hydrogen-bond donors (Lipinski definition) is 1. The Balaban J connectivity index is 1.19. The highest BCUT2D eigenvalue weighted by Gasteiger charge is 2.22. The predicted octanol–water partition coefficient (Wildman–Crippen LogP) is 11.5. The predicted molar refractivity (Wildman–Crippen MR) is 216 cm³/mol. The van der Waals surface area contributed by atoms with Gasteiger partial charge in [0.15, 0.2) is 5.76 Å². The number of hydrogen-bond acceptors (Lipinski definition) is 6. The van der Waals surface area contributed by atoms with Gasteiger partial charge in [0.25, 0.3) is 0 Å². The number of unbranched alkanes of at least 4 members (excludes halogenated alkanes) is 4. The number of carbonyl (C=O) groups excluding carboxylic acids is 2. The van der Waals surface area contributed by atoms with E-state index in [1.54, 1.807) is 14.2 Å². The van der Waals surface area contributed by atoms with Gasteiger partial charge in [-0.1, -0.05) is 97.8 Å². The van der Waals surface area contributed by atoms with Crippen molar-refractivity contribution >= 4 is 17.4 Å². The minimum absolute atomic E-state index is 0.00973. The second kappa shape index (κ2) is 23.2. The molecule has 0 aliphatic carbocycles. The molecule has 0 spiro atoms. The van der Waals surface area contributed by atoms with E-state index in [-0.39, 0.29) is 18.1 Å². The largest absolute Gasteiger partial charge is 0.497 e. The minimum atomic E-state index is -0.238. The Morgan fingerprint density at radius 1 is 0.660 bits per heavy atom. The van der Waals surface area contributed by atoms with E-state index in [1.165, 1.54) is 25.7 Å². The number of methoxy groups -OCH3 is 2. The summed E-state index contributed by atoms with van der Waals surface area (Å²) in [5.41, 5.74) is 4.64. The Morgan fingerprint density at radius 3 is 1.77 bits per heavy atom. The van der Waals surface area contributed by atoms with E-state index < -0.39 is 0 Å². The molecule has 7 nitrogen and oxygen atoms in total. The molecule has 0 bridgehead atoms. The summed E-state index contributed by atoms with van der Waals surface area (Å²) in [5.74, 6) is 1.88. The molecule has 0 saturated heterocycles. The van der Waals surface area contributed by atoms with Crippen molar-refractivity contribution in [3.63, 3.8) is 0 Å². The summed E-state index contributed by atoms with van der Waals surface area (Å²) in [6, 6.07) is 22.5. The number of aromatic nitrogens is 1. The lowest BCUT2D eigenvalue weighted by Crippen LogP contribution is -2.14. The average molecular weight is 715 g/mol. The Morgan fingerprint density at radius 2 is 1.21 bits per heavy atom. The molecule has 0 saturated carbocycles. The highest BCUT2D eigenvalue weighted by atomic mass is 16.5. The van der Waals surface area contributed by atoms with Gasteiger partial charge in [-0.05, 0) is 105 Å². The topological polar surface area (TPSA) is 90.7 Å². The van der Waals surface area contributed by atoms with Gasteiger partial charge < -0.3 is 19.3 Å². The molecule has 0 radical (unpaired) electrons. The van der Waals surface area contributed by atoms with E-state index >= 15 is 0 Å². The number of anilines is 1. The number of benzene rings is 3. The first-order chi connectivity index (χ1) is 26.0. The molecule has 0 atom stereocenters. The van der Waals surface area contributed by atoms with Crippen molar-refractivity contribution in [2.45, 2.75) is 84.0 Å². The number of rotatable bonds is 23. The zero-order valence-corrected chi connectivity index (χ0v) is 31.5. The van der Waals surface area contributed by atoms with E-state index in [4.69, 9.17) is 14.0 Å². The standard InChI is InChI=1S/C46H54N2O5/c1-4-5-6-7-8-9-10-11-12-13-14-15-16-17-18-19-20-21-40(49)34-36-22-28-39(29-23-36)47-44(50)35-43-45(37-24-30-41(51-2)31-25-37)46(48-53-43)38-26-32-42(52-3)33-27-38/h8-9,11-12,14-15,17-18,22-33H,4-7,10,13,16,19-21,34-35H2,1-3H3,(H,47,50)/b9-8-,12-11-,15-14-,18-17-. The van der Waals surface area contributed by atoms with Crippen LogP contribution in [0.1, 0.15) is 82.5 Å². The summed E-state index contributed by atoms with van der Waals surface area (Å²) in [5, 5.41) is 7.31. The molecule has 3 aromatic carbocycles. The molecule has 4 rings (SSSR count). The normalized spacial score (nSPS) is 11.7. The lowest BCUT2D eigenvalue weighted by molar-refractivity contribution is -0.118. The van der Waals surface area contributed by atoms with Crippen LogP contribution in [0.2, 0.25) is 0 Å². The van der Waals surface area contributed by atoms with Gasteiger partial charge in [0.05, 0.1) is 26.2 Å². The first kappa shape index (κ1) is 40.3. The molecular formula is C46H54N2O5. The van der Waals surface area contributed by atoms with E-state index in [0.29, 0.717) is 30.0 Å². The molecule has 53 heavy (non-hydrogen) atoms. The molecule has 1 heterocycles. The van der Waals surface area contributed by atoms with Gasteiger partial charge in [-0.25, -0.2) is 0 Å². The van der Waals surface area contributed by atoms with Crippen molar-refractivity contribution in [1.29, 1.82) is 0 Å². The molecule has 1 amide bonds. The summed E-state index contributed by atoms with van der Waals surface area (Å²) in [6.07, 6.45) is 28.3. The monoisotopic (exact) mass is 714 g/mol. The summed E-state index contributed by atoms with van der Waals surface area (Å²) in [7, 11) is 3.24. The van der Waals surface area contributed by atoms with Gasteiger partial charge >= 0.3 is 0 Å². The van der Waals surface area contributed by atoms with E-state index in [0.717, 1.165) is 65.9 Å². The fourth-order valence-corrected chi connectivity index (χ4v) is 5.80. The second-order valence-corrected chi connectivity index (χ2v) is 12.9. The Hall–Kier alpha value is -5.43. The fraction of sp³-hybridized carbons (Fsp3) is 0.326. The van der Waals surface area contributed by atoms with Crippen LogP contribution in [0.3, 0.4) is 0 Å². The van der Waals surface area contributed by atoms with E-state index in [2.05, 4.69) is 66.0 Å². The summed E-state index contributed by atoms with van der Waals surface area (Å²) in [6.45, 7) is 2.23. The van der Waals surface area contributed by atoms with Gasteiger partial charge in [-0.3, -0.25) is 9.59 Å². The van der Waals surface area contributed by atoms with E-state index in [9.17, 15) is 9.59 Å². The van der Waals surface area contributed by atoms with Crippen LogP contribution in [0.4, 0.5) is 5.69 Å².